The first-order chi connectivity index (χ1) is 9.04. The molecule has 1 aromatic heterocycles. The van der Waals surface area contributed by atoms with Crippen LogP contribution >= 0.6 is 11.6 Å². The zero-order valence-corrected chi connectivity index (χ0v) is 11.3. The number of pyridine rings is 1. The number of likely N-dealkylation sites (N-methyl/N-ethyl adjacent to an activating group) is 1. The number of carbonyl (C=O) groups is 1. The van der Waals surface area contributed by atoms with Crippen molar-refractivity contribution >= 4 is 23.1 Å². The zero-order chi connectivity index (χ0) is 14.0. The fourth-order valence-corrected chi connectivity index (χ4v) is 2.03. The van der Waals surface area contributed by atoms with Gasteiger partial charge in [-0.05, 0) is 12.1 Å². The molecule has 19 heavy (non-hydrogen) atoms. The predicted molar refractivity (Wildman–Crippen MR) is 71.7 cm³/mol. The van der Waals surface area contributed by atoms with Crippen molar-refractivity contribution in [3.8, 4) is 0 Å². The first-order valence-corrected chi connectivity index (χ1v) is 6.00. The first-order valence-electron chi connectivity index (χ1n) is 5.56. The van der Waals surface area contributed by atoms with Crippen LogP contribution < -0.4 is 0 Å². The number of aromatic nitrogens is 1. The van der Waals surface area contributed by atoms with Gasteiger partial charge in [0.25, 0.3) is 0 Å². The summed E-state index contributed by atoms with van der Waals surface area (Å²) in [5.74, 6) is -0.464. The molecule has 0 amide bonds. The van der Waals surface area contributed by atoms with Crippen LogP contribution in [0.3, 0.4) is 0 Å². The molecule has 5 nitrogen and oxygen atoms in total. The van der Waals surface area contributed by atoms with Crippen LogP contribution in [0.25, 0.3) is 5.57 Å². The molecule has 1 unspecified atom stereocenters. The number of methoxy groups -OCH3 is 1. The molecule has 0 aromatic carbocycles. The van der Waals surface area contributed by atoms with Crippen LogP contribution in [-0.4, -0.2) is 40.6 Å². The molecule has 0 aliphatic carbocycles. The number of alkyl halides is 1. The van der Waals surface area contributed by atoms with Gasteiger partial charge >= 0.3 is 5.97 Å². The number of rotatable bonds is 3. The Labute approximate surface area is 115 Å². The summed E-state index contributed by atoms with van der Waals surface area (Å²) >= 11 is 6.15. The molecule has 1 N–H and O–H groups in total. The third-order valence-corrected chi connectivity index (χ3v) is 3.28. The van der Waals surface area contributed by atoms with E-state index in [4.69, 9.17) is 16.3 Å². The van der Waals surface area contributed by atoms with Crippen LogP contribution in [0.2, 0.25) is 0 Å². The number of nitrogens with zero attached hydrogens (tertiary/aromatic N) is 2. The summed E-state index contributed by atoms with van der Waals surface area (Å²) in [7, 11) is 3.34. The van der Waals surface area contributed by atoms with Crippen LogP contribution in [-0.2, 0) is 4.74 Å². The molecule has 1 atom stereocenters. The van der Waals surface area contributed by atoms with Crippen molar-refractivity contribution in [3.05, 3.63) is 47.6 Å². The molecule has 0 saturated heterocycles. The molecular weight excluding hydrogens is 268 g/mol. The first kappa shape index (κ1) is 13.4. The van der Waals surface area contributed by atoms with Gasteiger partial charge in [0.15, 0.2) is 0 Å². The standard InChI is InChI=1S/C13H13ClN2O3/c1-16-7-11(19-2)9(5-12(16)14)10-6-15-4-3-8(10)13(17)18/h3-7,12H,1-2H3,(H,17,18). The van der Waals surface area contributed by atoms with E-state index in [1.807, 2.05) is 7.05 Å². The molecule has 1 aliphatic rings. The number of ether oxygens (including phenoxy) is 1. The van der Waals surface area contributed by atoms with Gasteiger partial charge in [0, 0.05) is 36.8 Å². The van der Waals surface area contributed by atoms with E-state index in [1.54, 1.807) is 17.2 Å². The third kappa shape index (κ3) is 2.56. The van der Waals surface area contributed by atoms with Gasteiger partial charge in [-0.3, -0.25) is 4.98 Å². The number of carboxylic acids is 1. The van der Waals surface area contributed by atoms with Crippen molar-refractivity contribution in [3.63, 3.8) is 0 Å². The van der Waals surface area contributed by atoms with E-state index in [0.717, 1.165) is 0 Å². The van der Waals surface area contributed by atoms with Crippen LogP contribution in [0.15, 0.2) is 36.5 Å². The molecule has 2 heterocycles. The molecule has 1 aromatic rings. The summed E-state index contributed by atoms with van der Waals surface area (Å²) in [5.41, 5.74) is 0.918. The maximum atomic E-state index is 11.2. The number of hydrogen-bond donors (Lipinski definition) is 1. The van der Waals surface area contributed by atoms with E-state index in [-0.39, 0.29) is 11.1 Å². The van der Waals surface area contributed by atoms with E-state index in [0.29, 0.717) is 16.9 Å². The molecule has 0 saturated carbocycles. The maximum absolute atomic E-state index is 11.2. The fraction of sp³-hybridized carbons (Fsp3) is 0.231. The average Bonchev–Trinajstić information content (AvgIpc) is 2.41. The summed E-state index contributed by atoms with van der Waals surface area (Å²) in [5, 5.41) is 9.21. The lowest BCUT2D eigenvalue weighted by atomic mass is 9.99. The molecule has 0 radical (unpaired) electrons. The van der Waals surface area contributed by atoms with E-state index in [2.05, 4.69) is 4.98 Å². The number of allylic oxidation sites excluding steroid dienone is 1. The van der Waals surface area contributed by atoms with Gasteiger partial charge in [-0.2, -0.15) is 0 Å². The number of carboxylic acid groups (broad SMARTS) is 1. The molecule has 0 spiro atoms. The van der Waals surface area contributed by atoms with Crippen LogP contribution in [0.5, 0.6) is 0 Å². The van der Waals surface area contributed by atoms with Crippen molar-refractivity contribution in [1.82, 2.24) is 9.88 Å². The topological polar surface area (TPSA) is 62.7 Å². The predicted octanol–water partition coefficient (Wildman–Crippen LogP) is 2.16. The molecule has 0 bridgehead atoms. The average molecular weight is 281 g/mol. The van der Waals surface area contributed by atoms with Gasteiger partial charge < -0.3 is 14.7 Å². The highest BCUT2D eigenvalue weighted by molar-refractivity contribution is 6.22. The van der Waals surface area contributed by atoms with Crippen molar-refractivity contribution in [2.24, 2.45) is 0 Å². The summed E-state index contributed by atoms with van der Waals surface area (Å²) in [4.78, 5) is 17.0. The van der Waals surface area contributed by atoms with E-state index >= 15 is 0 Å². The van der Waals surface area contributed by atoms with E-state index in [9.17, 15) is 9.90 Å². The fourth-order valence-electron chi connectivity index (χ4n) is 1.84. The Bertz CT molecular complexity index is 569. The van der Waals surface area contributed by atoms with Crippen molar-refractivity contribution in [1.29, 1.82) is 0 Å². The third-order valence-electron chi connectivity index (χ3n) is 2.84. The minimum absolute atomic E-state index is 0.164. The van der Waals surface area contributed by atoms with Crippen LogP contribution in [0.1, 0.15) is 15.9 Å². The van der Waals surface area contributed by atoms with Gasteiger partial charge in [-0.25, -0.2) is 4.79 Å². The normalized spacial score (nSPS) is 18.7. The van der Waals surface area contributed by atoms with E-state index < -0.39 is 5.97 Å². The Hall–Kier alpha value is -2.01. The van der Waals surface area contributed by atoms with Gasteiger partial charge in [0.2, 0.25) is 0 Å². The monoisotopic (exact) mass is 280 g/mol. The second-order valence-corrected chi connectivity index (χ2v) is 4.49. The van der Waals surface area contributed by atoms with Gasteiger partial charge in [0.1, 0.15) is 11.3 Å². The quantitative estimate of drug-likeness (QED) is 0.679. The summed E-state index contributed by atoms with van der Waals surface area (Å²) < 4.78 is 5.28. The Kier molecular flexibility index (Phi) is 3.76. The largest absolute Gasteiger partial charge is 0.495 e. The highest BCUT2D eigenvalue weighted by atomic mass is 35.5. The lowest BCUT2D eigenvalue weighted by molar-refractivity contribution is 0.0696. The minimum Gasteiger partial charge on any atom is -0.495 e. The number of hydrogen-bond acceptors (Lipinski definition) is 4. The number of halogens is 1. The van der Waals surface area contributed by atoms with Crippen LogP contribution in [0.4, 0.5) is 0 Å². The molecule has 2 rings (SSSR count). The van der Waals surface area contributed by atoms with Gasteiger partial charge in [-0.15, -0.1) is 0 Å². The second-order valence-electron chi connectivity index (χ2n) is 4.04. The Morgan fingerprint density at radius 3 is 2.95 bits per heavy atom. The highest BCUT2D eigenvalue weighted by Crippen LogP contribution is 2.31. The van der Waals surface area contributed by atoms with Gasteiger partial charge in [0.05, 0.1) is 12.7 Å². The van der Waals surface area contributed by atoms with Crippen molar-refractivity contribution in [2.45, 2.75) is 5.50 Å². The Balaban J connectivity index is 2.55. The lowest BCUT2D eigenvalue weighted by Gasteiger charge is -2.26. The Morgan fingerprint density at radius 1 is 1.58 bits per heavy atom. The smallest absolute Gasteiger partial charge is 0.336 e. The molecule has 100 valence electrons. The Morgan fingerprint density at radius 2 is 2.32 bits per heavy atom. The second kappa shape index (κ2) is 5.32. The SMILES string of the molecule is COC1=CN(C)C(Cl)C=C1c1cnccc1C(=O)O. The minimum atomic E-state index is -1.01. The molecular formula is C13H13ClN2O3. The zero-order valence-electron chi connectivity index (χ0n) is 10.5. The molecule has 6 heteroatoms. The van der Waals surface area contributed by atoms with Crippen LogP contribution in [0, 0.1) is 0 Å². The lowest BCUT2D eigenvalue weighted by Crippen LogP contribution is -2.24. The maximum Gasteiger partial charge on any atom is 0.336 e. The van der Waals surface area contributed by atoms with Gasteiger partial charge in [-0.1, -0.05) is 11.6 Å². The molecule has 1 aliphatic heterocycles. The summed E-state index contributed by atoms with van der Waals surface area (Å²) in [6.45, 7) is 0. The van der Waals surface area contributed by atoms with Crippen molar-refractivity contribution in [2.75, 3.05) is 14.2 Å². The summed E-state index contributed by atoms with van der Waals surface area (Å²) in [6, 6.07) is 1.45. The highest BCUT2D eigenvalue weighted by Gasteiger charge is 2.23. The van der Waals surface area contributed by atoms with E-state index in [1.165, 1.54) is 25.6 Å². The van der Waals surface area contributed by atoms with Crippen molar-refractivity contribution < 1.29 is 14.6 Å². The number of aromatic carboxylic acids is 1. The summed E-state index contributed by atoms with van der Waals surface area (Å²) in [6.07, 6.45) is 6.41. The molecule has 0 fully saturated rings.